The molecule has 4 heteroatoms. The first-order valence-electron chi connectivity index (χ1n) is 5.68. The van der Waals surface area contributed by atoms with Crippen LogP contribution in [0.25, 0.3) is 11.9 Å². The van der Waals surface area contributed by atoms with Crippen molar-refractivity contribution in [1.82, 2.24) is 19.7 Å². The predicted octanol–water partition coefficient (Wildman–Crippen LogP) is 2.48. The third-order valence-electron chi connectivity index (χ3n) is 2.58. The summed E-state index contributed by atoms with van der Waals surface area (Å²) in [5.41, 5.74) is 2.09. The van der Waals surface area contributed by atoms with Crippen molar-refractivity contribution in [3.63, 3.8) is 0 Å². The highest BCUT2D eigenvalue weighted by Crippen LogP contribution is 2.13. The van der Waals surface area contributed by atoms with Crippen LogP contribution in [0.15, 0.2) is 18.7 Å². The molecule has 0 atom stereocenters. The molecule has 0 aliphatic heterocycles. The number of pyridine rings is 1. The third kappa shape index (κ3) is 2.25. The van der Waals surface area contributed by atoms with Crippen LogP contribution < -0.4 is 0 Å². The van der Waals surface area contributed by atoms with Gasteiger partial charge in [0.05, 0.1) is 0 Å². The Morgan fingerprint density at radius 2 is 2.06 bits per heavy atom. The van der Waals surface area contributed by atoms with E-state index in [-0.39, 0.29) is 0 Å². The molecule has 2 aromatic rings. The lowest BCUT2D eigenvalue weighted by molar-refractivity contribution is 0.793. The SMILES string of the molecule is C=Cc1cc(CC)nc(-n2nc(C)nc2C)c1. The van der Waals surface area contributed by atoms with Crippen LogP contribution in [0.2, 0.25) is 0 Å². The van der Waals surface area contributed by atoms with Gasteiger partial charge in [-0.15, -0.1) is 5.10 Å². The van der Waals surface area contributed by atoms with Crippen LogP contribution >= 0.6 is 0 Å². The largest absolute Gasteiger partial charge is 0.234 e. The number of hydrogen-bond acceptors (Lipinski definition) is 3. The number of rotatable bonds is 3. The van der Waals surface area contributed by atoms with E-state index in [1.165, 1.54) is 0 Å². The molecule has 0 saturated carbocycles. The Balaban J connectivity index is 2.58. The molecule has 0 amide bonds. The minimum Gasteiger partial charge on any atom is -0.234 e. The maximum atomic E-state index is 4.56. The summed E-state index contributed by atoms with van der Waals surface area (Å²) in [6.45, 7) is 9.68. The molecule has 0 spiro atoms. The number of nitrogens with zero attached hydrogens (tertiary/aromatic N) is 4. The van der Waals surface area contributed by atoms with E-state index < -0.39 is 0 Å². The van der Waals surface area contributed by atoms with Crippen LogP contribution in [-0.4, -0.2) is 19.7 Å². The van der Waals surface area contributed by atoms with Gasteiger partial charge in [0.1, 0.15) is 11.6 Å². The quantitative estimate of drug-likeness (QED) is 0.810. The van der Waals surface area contributed by atoms with Gasteiger partial charge in [0.25, 0.3) is 0 Å². The second-order valence-corrected chi connectivity index (χ2v) is 3.93. The third-order valence-corrected chi connectivity index (χ3v) is 2.58. The maximum Gasteiger partial charge on any atom is 0.156 e. The minimum atomic E-state index is 0.756. The first-order valence-corrected chi connectivity index (χ1v) is 5.68. The van der Waals surface area contributed by atoms with Gasteiger partial charge in [-0.1, -0.05) is 19.6 Å². The van der Waals surface area contributed by atoms with Crippen LogP contribution in [0, 0.1) is 13.8 Å². The first-order chi connectivity index (χ1) is 8.13. The van der Waals surface area contributed by atoms with Crippen LogP contribution in [0.5, 0.6) is 0 Å². The van der Waals surface area contributed by atoms with Crippen molar-refractivity contribution in [2.75, 3.05) is 0 Å². The molecule has 17 heavy (non-hydrogen) atoms. The van der Waals surface area contributed by atoms with Gasteiger partial charge in [0.15, 0.2) is 5.82 Å². The zero-order chi connectivity index (χ0) is 12.4. The molecule has 0 radical (unpaired) electrons. The molecule has 0 unspecified atom stereocenters. The normalized spacial score (nSPS) is 10.5. The van der Waals surface area contributed by atoms with E-state index in [2.05, 4.69) is 28.6 Å². The fourth-order valence-corrected chi connectivity index (χ4v) is 1.74. The lowest BCUT2D eigenvalue weighted by Gasteiger charge is -2.06. The highest BCUT2D eigenvalue weighted by molar-refractivity contribution is 5.50. The van der Waals surface area contributed by atoms with Gasteiger partial charge in [-0.05, 0) is 38.0 Å². The summed E-state index contributed by atoms with van der Waals surface area (Å²) in [4.78, 5) is 8.84. The Morgan fingerprint density at radius 1 is 1.29 bits per heavy atom. The molecule has 4 nitrogen and oxygen atoms in total. The molecule has 0 aromatic carbocycles. The van der Waals surface area contributed by atoms with Crippen molar-refractivity contribution < 1.29 is 0 Å². The second-order valence-electron chi connectivity index (χ2n) is 3.93. The molecule has 0 aliphatic carbocycles. The van der Waals surface area contributed by atoms with Gasteiger partial charge in [-0.25, -0.2) is 9.97 Å². The molecule has 2 heterocycles. The lowest BCUT2D eigenvalue weighted by Crippen LogP contribution is -2.04. The molecular weight excluding hydrogens is 212 g/mol. The Kier molecular flexibility index (Phi) is 3.04. The molecule has 0 bridgehead atoms. The molecule has 0 N–H and O–H groups in total. The van der Waals surface area contributed by atoms with Crippen LogP contribution in [0.4, 0.5) is 0 Å². The molecule has 0 saturated heterocycles. The van der Waals surface area contributed by atoms with Gasteiger partial charge in [0, 0.05) is 5.69 Å². The van der Waals surface area contributed by atoms with Crippen LogP contribution in [0.3, 0.4) is 0 Å². The van der Waals surface area contributed by atoms with Gasteiger partial charge >= 0.3 is 0 Å². The Hall–Kier alpha value is -1.97. The number of aryl methyl sites for hydroxylation is 3. The summed E-state index contributed by atoms with van der Waals surface area (Å²) in [7, 11) is 0. The summed E-state index contributed by atoms with van der Waals surface area (Å²) >= 11 is 0. The molecule has 2 rings (SSSR count). The van der Waals surface area contributed by atoms with Gasteiger partial charge in [0.2, 0.25) is 0 Å². The molecular formula is C13H16N4. The lowest BCUT2D eigenvalue weighted by atomic mass is 10.2. The summed E-state index contributed by atoms with van der Waals surface area (Å²) in [6.07, 6.45) is 2.71. The topological polar surface area (TPSA) is 43.6 Å². The fourth-order valence-electron chi connectivity index (χ4n) is 1.74. The summed E-state index contributed by atoms with van der Waals surface area (Å²) < 4.78 is 1.77. The standard InChI is InChI=1S/C13H16N4/c1-5-11-7-12(6-2)15-13(8-11)17-10(4)14-9(3)16-17/h5,7-8H,1,6H2,2-4H3. The van der Waals surface area contributed by atoms with Crippen molar-refractivity contribution in [2.45, 2.75) is 27.2 Å². The van der Waals surface area contributed by atoms with E-state index in [1.54, 1.807) is 4.68 Å². The van der Waals surface area contributed by atoms with Crippen molar-refractivity contribution in [3.05, 3.63) is 41.6 Å². The smallest absolute Gasteiger partial charge is 0.156 e. The van der Waals surface area contributed by atoms with E-state index in [0.717, 1.165) is 35.1 Å². The zero-order valence-corrected chi connectivity index (χ0v) is 10.4. The fraction of sp³-hybridized carbons (Fsp3) is 0.308. The summed E-state index contributed by atoms with van der Waals surface area (Å²) in [5.74, 6) is 2.40. The van der Waals surface area contributed by atoms with Crippen molar-refractivity contribution >= 4 is 6.08 Å². The molecule has 0 aliphatic rings. The summed E-state index contributed by atoms with van der Waals surface area (Å²) in [5, 5.41) is 4.34. The van der Waals surface area contributed by atoms with Crippen molar-refractivity contribution in [3.8, 4) is 5.82 Å². The first kappa shape index (κ1) is 11.5. The predicted molar refractivity (Wildman–Crippen MR) is 68.1 cm³/mol. The van der Waals surface area contributed by atoms with E-state index in [4.69, 9.17) is 0 Å². The highest BCUT2D eigenvalue weighted by atomic mass is 15.4. The van der Waals surface area contributed by atoms with Gasteiger partial charge < -0.3 is 0 Å². The van der Waals surface area contributed by atoms with E-state index in [1.807, 2.05) is 32.1 Å². The van der Waals surface area contributed by atoms with Crippen LogP contribution in [0.1, 0.15) is 29.8 Å². The van der Waals surface area contributed by atoms with E-state index in [0.29, 0.717) is 0 Å². The molecule has 2 aromatic heterocycles. The molecule has 88 valence electrons. The van der Waals surface area contributed by atoms with Gasteiger partial charge in [-0.2, -0.15) is 4.68 Å². The van der Waals surface area contributed by atoms with E-state index in [9.17, 15) is 0 Å². The number of aromatic nitrogens is 4. The minimum absolute atomic E-state index is 0.756. The Morgan fingerprint density at radius 3 is 2.59 bits per heavy atom. The van der Waals surface area contributed by atoms with Crippen molar-refractivity contribution in [1.29, 1.82) is 0 Å². The summed E-state index contributed by atoms with van der Waals surface area (Å²) in [6, 6.07) is 4.00. The Labute approximate surface area is 101 Å². The van der Waals surface area contributed by atoms with Crippen LogP contribution in [-0.2, 0) is 6.42 Å². The van der Waals surface area contributed by atoms with E-state index >= 15 is 0 Å². The molecule has 0 fully saturated rings. The Bertz CT molecular complexity index is 555. The average molecular weight is 228 g/mol. The van der Waals surface area contributed by atoms with Crippen molar-refractivity contribution in [2.24, 2.45) is 0 Å². The van der Waals surface area contributed by atoms with Gasteiger partial charge in [-0.3, -0.25) is 0 Å². The highest BCUT2D eigenvalue weighted by Gasteiger charge is 2.08. The zero-order valence-electron chi connectivity index (χ0n) is 10.4. The average Bonchev–Trinajstić information content (AvgIpc) is 2.67. The second kappa shape index (κ2) is 4.49. The monoisotopic (exact) mass is 228 g/mol. The maximum absolute atomic E-state index is 4.56. The number of hydrogen-bond donors (Lipinski definition) is 0.